The molecule has 6 rings (SSSR count). The van der Waals surface area contributed by atoms with Crippen LogP contribution in [-0.4, -0.2) is 21.4 Å². The summed E-state index contributed by atoms with van der Waals surface area (Å²) in [6, 6.07) is 17.1. The Kier molecular flexibility index (Phi) is 4.12. The first-order valence-corrected chi connectivity index (χ1v) is 10.4. The standard InChI is InChI=1S/C26H14FN3O4/c27-13-9-10-20-18(11-13)23(31)19(12-28-20)25(33)29-30-22-15-6-2-3-7-16(15)24(32)21(22)14-5-1-4-8-17(14)26(30)34/h1-12H,(H,28,31)(H,29,33). The number of nitrogens with zero attached hydrogens (tertiary/aromatic N) is 1. The van der Waals surface area contributed by atoms with Crippen LogP contribution < -0.4 is 16.4 Å². The average Bonchev–Trinajstić information content (AvgIpc) is 3.15. The third-order valence-corrected chi connectivity index (χ3v) is 6.05. The van der Waals surface area contributed by atoms with Crippen LogP contribution in [0.25, 0.3) is 32.9 Å². The summed E-state index contributed by atoms with van der Waals surface area (Å²) in [7, 11) is 0. The zero-order valence-electron chi connectivity index (χ0n) is 17.4. The molecule has 34 heavy (non-hydrogen) atoms. The second kappa shape index (κ2) is 7.08. The fourth-order valence-corrected chi connectivity index (χ4v) is 4.48. The zero-order valence-corrected chi connectivity index (χ0v) is 17.4. The molecule has 2 aromatic heterocycles. The minimum Gasteiger partial charge on any atom is -0.360 e. The molecular weight excluding hydrogens is 437 g/mol. The van der Waals surface area contributed by atoms with E-state index < -0.39 is 22.7 Å². The Labute approximate surface area is 190 Å². The molecule has 0 spiro atoms. The number of aromatic nitrogens is 2. The van der Waals surface area contributed by atoms with Gasteiger partial charge in [-0.1, -0.05) is 42.5 Å². The van der Waals surface area contributed by atoms with Crippen molar-refractivity contribution < 1.29 is 14.0 Å². The van der Waals surface area contributed by atoms with Gasteiger partial charge in [-0.25, -0.2) is 9.07 Å². The van der Waals surface area contributed by atoms with Crippen LogP contribution in [0.4, 0.5) is 4.39 Å². The molecule has 1 amide bonds. The van der Waals surface area contributed by atoms with E-state index in [0.29, 0.717) is 27.6 Å². The number of fused-ring (bicyclic) bond motifs is 6. The van der Waals surface area contributed by atoms with Crippen molar-refractivity contribution in [3.8, 4) is 11.3 Å². The summed E-state index contributed by atoms with van der Waals surface area (Å²) in [6.07, 6.45) is 1.21. The van der Waals surface area contributed by atoms with E-state index in [1.807, 2.05) is 0 Å². The second-order valence-corrected chi connectivity index (χ2v) is 7.95. The summed E-state index contributed by atoms with van der Waals surface area (Å²) in [6.45, 7) is 0. The average molecular weight is 451 g/mol. The minimum absolute atomic E-state index is 0.00395. The van der Waals surface area contributed by atoms with E-state index in [9.17, 15) is 23.6 Å². The number of rotatable bonds is 2. The first-order chi connectivity index (χ1) is 16.5. The van der Waals surface area contributed by atoms with Gasteiger partial charge in [0.05, 0.1) is 11.3 Å². The molecule has 0 unspecified atom stereocenters. The fourth-order valence-electron chi connectivity index (χ4n) is 4.48. The first-order valence-electron chi connectivity index (χ1n) is 10.4. The van der Waals surface area contributed by atoms with Gasteiger partial charge in [0.25, 0.3) is 11.5 Å². The number of carbonyl (C=O) groups is 2. The number of carbonyl (C=O) groups excluding carboxylic acids is 2. The van der Waals surface area contributed by atoms with Crippen LogP contribution in [0.2, 0.25) is 0 Å². The molecule has 0 saturated heterocycles. The molecule has 164 valence electrons. The van der Waals surface area contributed by atoms with E-state index in [0.717, 1.165) is 10.7 Å². The monoisotopic (exact) mass is 451 g/mol. The van der Waals surface area contributed by atoms with Crippen molar-refractivity contribution in [2.45, 2.75) is 0 Å². The Morgan fingerprint density at radius 2 is 1.56 bits per heavy atom. The molecule has 2 N–H and O–H groups in total. The van der Waals surface area contributed by atoms with Gasteiger partial charge in [-0.15, -0.1) is 0 Å². The van der Waals surface area contributed by atoms with Crippen LogP contribution in [-0.2, 0) is 0 Å². The molecule has 0 radical (unpaired) electrons. The Morgan fingerprint density at radius 3 is 2.35 bits per heavy atom. The van der Waals surface area contributed by atoms with Gasteiger partial charge in [0.1, 0.15) is 11.4 Å². The molecule has 0 bridgehead atoms. The number of nitrogens with one attached hydrogen (secondary N) is 2. The lowest BCUT2D eigenvalue weighted by Crippen LogP contribution is -2.36. The number of hydrogen-bond donors (Lipinski definition) is 2. The number of amides is 1. The number of halogens is 1. The van der Waals surface area contributed by atoms with E-state index in [1.54, 1.807) is 48.5 Å². The minimum atomic E-state index is -0.871. The summed E-state index contributed by atoms with van der Waals surface area (Å²) in [4.78, 5) is 55.5. The van der Waals surface area contributed by atoms with E-state index in [2.05, 4.69) is 10.4 Å². The predicted octanol–water partition coefficient (Wildman–Crippen LogP) is 3.58. The third kappa shape index (κ3) is 2.69. The van der Waals surface area contributed by atoms with E-state index in [4.69, 9.17) is 0 Å². The van der Waals surface area contributed by atoms with Gasteiger partial charge in [-0.2, -0.15) is 0 Å². The van der Waals surface area contributed by atoms with Gasteiger partial charge < -0.3 is 4.98 Å². The summed E-state index contributed by atoms with van der Waals surface area (Å²) < 4.78 is 14.7. The molecule has 0 atom stereocenters. The molecule has 0 fully saturated rings. The van der Waals surface area contributed by atoms with Gasteiger partial charge in [-0.05, 0) is 24.3 Å². The topological polar surface area (TPSA) is 101 Å². The molecule has 1 aliphatic carbocycles. The second-order valence-electron chi connectivity index (χ2n) is 7.95. The molecule has 5 aromatic rings. The van der Waals surface area contributed by atoms with Crippen molar-refractivity contribution in [1.29, 1.82) is 0 Å². The number of pyridine rings is 2. The first kappa shape index (κ1) is 19.8. The van der Waals surface area contributed by atoms with Crippen LogP contribution in [0.1, 0.15) is 26.3 Å². The van der Waals surface area contributed by atoms with Gasteiger partial charge in [0.15, 0.2) is 5.78 Å². The number of H-pyrrole nitrogens is 1. The Hall–Kier alpha value is -4.85. The number of aromatic amines is 1. The summed E-state index contributed by atoms with van der Waals surface area (Å²) in [5.41, 5.74) is 2.79. The van der Waals surface area contributed by atoms with Crippen molar-refractivity contribution in [2.75, 3.05) is 5.43 Å². The normalized spacial score (nSPS) is 12.1. The quantitative estimate of drug-likeness (QED) is 0.420. The fraction of sp³-hybridized carbons (Fsp3) is 0. The van der Waals surface area contributed by atoms with Gasteiger partial charge in [0, 0.05) is 39.0 Å². The lowest BCUT2D eigenvalue weighted by Gasteiger charge is -2.16. The van der Waals surface area contributed by atoms with Crippen molar-refractivity contribution in [3.63, 3.8) is 0 Å². The Balaban J connectivity index is 1.58. The van der Waals surface area contributed by atoms with Crippen LogP contribution in [0.3, 0.4) is 0 Å². The van der Waals surface area contributed by atoms with E-state index >= 15 is 0 Å². The molecule has 0 aliphatic heterocycles. The predicted molar refractivity (Wildman–Crippen MR) is 125 cm³/mol. The third-order valence-electron chi connectivity index (χ3n) is 6.05. The van der Waals surface area contributed by atoms with Gasteiger partial charge in [-0.3, -0.25) is 24.6 Å². The Morgan fingerprint density at radius 1 is 0.853 bits per heavy atom. The molecule has 7 nitrogen and oxygen atoms in total. The maximum absolute atomic E-state index is 13.7. The van der Waals surface area contributed by atoms with Crippen molar-refractivity contribution in [1.82, 2.24) is 9.66 Å². The maximum atomic E-state index is 13.7. The lowest BCUT2D eigenvalue weighted by atomic mass is 10.0. The van der Waals surface area contributed by atoms with Crippen LogP contribution >= 0.6 is 0 Å². The lowest BCUT2D eigenvalue weighted by molar-refractivity contribution is 0.100. The Bertz CT molecular complexity index is 1830. The van der Waals surface area contributed by atoms with Crippen LogP contribution in [0.15, 0.2) is 82.5 Å². The number of benzene rings is 3. The zero-order chi connectivity index (χ0) is 23.6. The highest BCUT2D eigenvalue weighted by Gasteiger charge is 2.33. The molecular formula is C26H14FN3O4. The smallest absolute Gasteiger partial charge is 0.277 e. The molecule has 2 heterocycles. The van der Waals surface area contributed by atoms with Crippen molar-refractivity contribution in [2.24, 2.45) is 0 Å². The highest BCUT2D eigenvalue weighted by Crippen LogP contribution is 2.38. The maximum Gasteiger partial charge on any atom is 0.277 e. The summed E-state index contributed by atoms with van der Waals surface area (Å²) in [5.74, 6) is -1.75. The van der Waals surface area contributed by atoms with E-state index in [-0.39, 0.29) is 27.8 Å². The molecule has 0 saturated carbocycles. The summed E-state index contributed by atoms with van der Waals surface area (Å²) in [5, 5.41) is 0.731. The molecule has 8 heteroatoms. The molecule has 3 aromatic carbocycles. The largest absolute Gasteiger partial charge is 0.360 e. The van der Waals surface area contributed by atoms with Gasteiger partial charge >= 0.3 is 0 Å². The highest BCUT2D eigenvalue weighted by atomic mass is 19.1. The number of hydrogen-bond acceptors (Lipinski definition) is 4. The van der Waals surface area contributed by atoms with Crippen molar-refractivity contribution in [3.05, 3.63) is 116 Å². The summed E-state index contributed by atoms with van der Waals surface area (Å²) >= 11 is 0. The molecule has 1 aliphatic rings. The SMILES string of the molecule is O=C(Nn1c2c(c3ccccc3c1=O)C(=O)c1ccccc1-2)c1c[nH]c2ccc(F)cc2c1=O. The van der Waals surface area contributed by atoms with Gasteiger partial charge in [0.2, 0.25) is 5.43 Å². The van der Waals surface area contributed by atoms with Crippen LogP contribution in [0, 0.1) is 5.82 Å². The van der Waals surface area contributed by atoms with E-state index in [1.165, 1.54) is 18.3 Å². The van der Waals surface area contributed by atoms with Crippen LogP contribution in [0.5, 0.6) is 0 Å². The van der Waals surface area contributed by atoms with Crippen molar-refractivity contribution >= 4 is 33.4 Å². The number of ketones is 1. The highest BCUT2D eigenvalue weighted by molar-refractivity contribution is 6.26.